The van der Waals surface area contributed by atoms with E-state index in [1.807, 2.05) is 18.2 Å². The van der Waals surface area contributed by atoms with Crippen molar-refractivity contribution in [1.82, 2.24) is 0 Å². The van der Waals surface area contributed by atoms with Crippen molar-refractivity contribution >= 4 is 17.3 Å². The van der Waals surface area contributed by atoms with Gasteiger partial charge in [0.25, 0.3) is 0 Å². The fourth-order valence-electron chi connectivity index (χ4n) is 2.97. The van der Waals surface area contributed by atoms with Crippen molar-refractivity contribution < 1.29 is 5.11 Å². The van der Waals surface area contributed by atoms with Crippen molar-refractivity contribution in [1.29, 1.82) is 0 Å². The van der Waals surface area contributed by atoms with Gasteiger partial charge in [-0.3, -0.25) is 0 Å². The lowest BCUT2D eigenvalue weighted by atomic mass is 9.93. The third-order valence-corrected chi connectivity index (χ3v) is 4.49. The van der Waals surface area contributed by atoms with E-state index in [9.17, 15) is 5.11 Å². The highest BCUT2D eigenvalue weighted by Crippen LogP contribution is 2.34. The molecule has 1 heterocycles. The Labute approximate surface area is 124 Å². The second kappa shape index (κ2) is 5.47. The van der Waals surface area contributed by atoms with Gasteiger partial charge in [0.1, 0.15) is 0 Å². The summed E-state index contributed by atoms with van der Waals surface area (Å²) < 4.78 is 0. The van der Waals surface area contributed by atoms with E-state index in [1.165, 1.54) is 11.1 Å². The quantitative estimate of drug-likeness (QED) is 0.904. The number of aliphatic hydroxyl groups is 1. The van der Waals surface area contributed by atoms with Gasteiger partial charge in [0.05, 0.1) is 12.6 Å². The number of halogens is 1. The molecule has 0 spiro atoms. The molecule has 20 heavy (non-hydrogen) atoms. The Balaban J connectivity index is 1.94. The molecule has 1 aliphatic heterocycles. The van der Waals surface area contributed by atoms with Gasteiger partial charge >= 0.3 is 0 Å². The predicted molar refractivity (Wildman–Crippen MR) is 83.3 cm³/mol. The lowest BCUT2D eigenvalue weighted by molar-refractivity contribution is 0.282. The van der Waals surface area contributed by atoms with Crippen molar-refractivity contribution in [2.45, 2.75) is 26.0 Å². The van der Waals surface area contributed by atoms with Crippen LogP contribution in [0.2, 0.25) is 5.02 Å². The molecular formula is C17H18ClNO. The lowest BCUT2D eigenvalue weighted by Crippen LogP contribution is -2.33. The van der Waals surface area contributed by atoms with E-state index in [1.54, 1.807) is 0 Å². The highest BCUT2D eigenvalue weighted by Gasteiger charge is 2.23. The molecule has 0 bridgehead atoms. The first-order valence-corrected chi connectivity index (χ1v) is 7.32. The molecule has 104 valence electrons. The standard InChI is InChI=1S/C17H18ClNO/c1-12-16-5-3-2-4-13(16)8-9-19(12)15-7-6-14(11-20)17(18)10-15/h2-7,10,12,20H,8-9,11H2,1H3. The van der Waals surface area contributed by atoms with Crippen LogP contribution in [-0.2, 0) is 13.0 Å². The van der Waals surface area contributed by atoms with Crippen LogP contribution >= 0.6 is 11.6 Å². The third kappa shape index (κ3) is 2.30. The van der Waals surface area contributed by atoms with E-state index in [2.05, 4.69) is 36.1 Å². The number of rotatable bonds is 2. The molecule has 0 aromatic heterocycles. The summed E-state index contributed by atoms with van der Waals surface area (Å²) in [6, 6.07) is 14.9. The van der Waals surface area contributed by atoms with Crippen LogP contribution in [0.5, 0.6) is 0 Å². The third-order valence-electron chi connectivity index (χ3n) is 4.13. The minimum atomic E-state index is -0.0164. The SMILES string of the molecule is CC1c2ccccc2CCN1c1ccc(CO)c(Cl)c1. The lowest BCUT2D eigenvalue weighted by Gasteiger charge is -2.37. The highest BCUT2D eigenvalue weighted by molar-refractivity contribution is 6.31. The summed E-state index contributed by atoms with van der Waals surface area (Å²) in [7, 11) is 0. The van der Waals surface area contributed by atoms with Gasteiger partial charge in [-0.2, -0.15) is 0 Å². The zero-order valence-electron chi connectivity index (χ0n) is 11.5. The molecule has 0 radical (unpaired) electrons. The first kappa shape index (κ1) is 13.5. The van der Waals surface area contributed by atoms with Crippen LogP contribution in [0.4, 0.5) is 5.69 Å². The number of hydrogen-bond donors (Lipinski definition) is 1. The van der Waals surface area contributed by atoms with E-state index in [-0.39, 0.29) is 6.61 Å². The summed E-state index contributed by atoms with van der Waals surface area (Å²) in [6.45, 7) is 3.20. The molecule has 1 N–H and O–H groups in total. The number of benzene rings is 2. The molecule has 1 atom stereocenters. The number of nitrogens with zero attached hydrogens (tertiary/aromatic N) is 1. The summed E-state index contributed by atoms with van der Waals surface area (Å²) in [4.78, 5) is 2.37. The summed E-state index contributed by atoms with van der Waals surface area (Å²) in [5.41, 5.74) is 4.73. The monoisotopic (exact) mass is 287 g/mol. The molecule has 3 heteroatoms. The molecule has 0 aliphatic carbocycles. The molecular weight excluding hydrogens is 270 g/mol. The number of aliphatic hydroxyl groups excluding tert-OH is 1. The van der Waals surface area contributed by atoms with Gasteiger partial charge < -0.3 is 10.0 Å². The molecule has 0 amide bonds. The Bertz CT molecular complexity index is 626. The van der Waals surface area contributed by atoms with E-state index in [0.29, 0.717) is 11.1 Å². The van der Waals surface area contributed by atoms with Crippen LogP contribution in [0, 0.1) is 0 Å². The molecule has 3 rings (SSSR count). The van der Waals surface area contributed by atoms with Gasteiger partial charge in [-0.15, -0.1) is 0 Å². The van der Waals surface area contributed by atoms with E-state index in [4.69, 9.17) is 11.6 Å². The Morgan fingerprint density at radius 3 is 2.80 bits per heavy atom. The maximum atomic E-state index is 9.20. The summed E-state index contributed by atoms with van der Waals surface area (Å²) >= 11 is 6.21. The largest absolute Gasteiger partial charge is 0.392 e. The van der Waals surface area contributed by atoms with E-state index >= 15 is 0 Å². The maximum Gasteiger partial charge on any atom is 0.0696 e. The van der Waals surface area contributed by atoms with Crippen LogP contribution in [0.3, 0.4) is 0 Å². The Morgan fingerprint density at radius 1 is 1.25 bits per heavy atom. The topological polar surface area (TPSA) is 23.5 Å². The van der Waals surface area contributed by atoms with E-state index in [0.717, 1.165) is 24.2 Å². The second-order valence-corrected chi connectivity index (χ2v) is 5.66. The van der Waals surface area contributed by atoms with Gasteiger partial charge in [0, 0.05) is 17.3 Å². The second-order valence-electron chi connectivity index (χ2n) is 5.25. The fourth-order valence-corrected chi connectivity index (χ4v) is 3.20. The molecule has 2 nitrogen and oxygen atoms in total. The highest BCUT2D eigenvalue weighted by atomic mass is 35.5. The van der Waals surface area contributed by atoms with E-state index < -0.39 is 0 Å². The number of anilines is 1. The molecule has 2 aromatic rings. The number of fused-ring (bicyclic) bond motifs is 1. The van der Waals surface area contributed by atoms with Crippen molar-refractivity contribution in [3.8, 4) is 0 Å². The molecule has 0 saturated heterocycles. The maximum absolute atomic E-state index is 9.20. The fraction of sp³-hybridized carbons (Fsp3) is 0.294. The van der Waals surface area contributed by atoms with Crippen LogP contribution in [-0.4, -0.2) is 11.7 Å². The zero-order chi connectivity index (χ0) is 14.1. The minimum absolute atomic E-state index is 0.0164. The Hall–Kier alpha value is -1.51. The zero-order valence-corrected chi connectivity index (χ0v) is 12.3. The van der Waals surface area contributed by atoms with Crippen molar-refractivity contribution in [2.75, 3.05) is 11.4 Å². The average Bonchev–Trinajstić information content (AvgIpc) is 2.48. The average molecular weight is 288 g/mol. The molecule has 1 aliphatic rings. The normalized spacial score (nSPS) is 17.9. The first-order chi connectivity index (χ1) is 9.70. The number of hydrogen-bond acceptors (Lipinski definition) is 2. The molecule has 1 unspecified atom stereocenters. The minimum Gasteiger partial charge on any atom is -0.392 e. The Kier molecular flexibility index (Phi) is 3.68. The smallest absolute Gasteiger partial charge is 0.0696 e. The summed E-state index contributed by atoms with van der Waals surface area (Å²) in [5.74, 6) is 0. The van der Waals surface area contributed by atoms with Gasteiger partial charge in [0.15, 0.2) is 0 Å². The van der Waals surface area contributed by atoms with Gasteiger partial charge in [-0.25, -0.2) is 0 Å². The van der Waals surface area contributed by atoms with Crippen LogP contribution in [0.15, 0.2) is 42.5 Å². The van der Waals surface area contributed by atoms with Gasteiger partial charge in [-0.1, -0.05) is 41.9 Å². The van der Waals surface area contributed by atoms with Gasteiger partial charge in [-0.05, 0) is 42.2 Å². The van der Waals surface area contributed by atoms with Gasteiger partial charge in [0.2, 0.25) is 0 Å². The van der Waals surface area contributed by atoms with Crippen molar-refractivity contribution in [3.63, 3.8) is 0 Å². The van der Waals surface area contributed by atoms with Crippen molar-refractivity contribution in [3.05, 3.63) is 64.2 Å². The van der Waals surface area contributed by atoms with Crippen molar-refractivity contribution in [2.24, 2.45) is 0 Å². The van der Waals surface area contributed by atoms with Crippen LogP contribution in [0.25, 0.3) is 0 Å². The van der Waals surface area contributed by atoms with Crippen LogP contribution < -0.4 is 4.90 Å². The summed E-state index contributed by atoms with van der Waals surface area (Å²) in [6.07, 6.45) is 1.06. The molecule has 0 saturated carbocycles. The summed E-state index contributed by atoms with van der Waals surface area (Å²) in [5, 5.41) is 9.84. The van der Waals surface area contributed by atoms with Crippen LogP contribution in [0.1, 0.15) is 29.7 Å². The molecule has 2 aromatic carbocycles. The first-order valence-electron chi connectivity index (χ1n) is 6.94. The Morgan fingerprint density at radius 2 is 2.05 bits per heavy atom. The molecule has 0 fully saturated rings. The predicted octanol–water partition coefficient (Wildman–Crippen LogP) is 3.96.